The van der Waals surface area contributed by atoms with E-state index in [1.54, 1.807) is 11.8 Å². The van der Waals surface area contributed by atoms with Gasteiger partial charge in [-0.3, -0.25) is 0 Å². The summed E-state index contributed by atoms with van der Waals surface area (Å²) in [6.45, 7) is 2.05. The molecule has 0 unspecified atom stereocenters. The van der Waals surface area contributed by atoms with Crippen molar-refractivity contribution in [1.82, 2.24) is 0 Å². The van der Waals surface area contributed by atoms with E-state index in [9.17, 15) is 5.26 Å². The Hall–Kier alpha value is -2.24. The highest BCUT2D eigenvalue weighted by Crippen LogP contribution is 2.34. The van der Waals surface area contributed by atoms with E-state index in [4.69, 9.17) is 0 Å². The largest absolute Gasteiger partial charge is 0.192 e. The van der Waals surface area contributed by atoms with E-state index in [1.165, 1.54) is 10.8 Å². The van der Waals surface area contributed by atoms with Gasteiger partial charge in [0.15, 0.2) is 0 Å². The summed E-state index contributed by atoms with van der Waals surface area (Å²) in [6.07, 6.45) is 0. The van der Waals surface area contributed by atoms with Crippen molar-refractivity contribution in [2.45, 2.75) is 16.7 Å². The lowest BCUT2D eigenvalue weighted by atomic mass is 10.1. The Kier molecular flexibility index (Phi) is 3.45. The first-order valence-corrected chi connectivity index (χ1v) is 7.26. The highest BCUT2D eigenvalue weighted by molar-refractivity contribution is 7.99. The molecule has 3 rings (SSSR count). The topological polar surface area (TPSA) is 23.8 Å². The molecule has 3 aromatic carbocycles. The van der Waals surface area contributed by atoms with Gasteiger partial charge in [0.05, 0.1) is 5.56 Å². The highest BCUT2D eigenvalue weighted by atomic mass is 32.2. The minimum Gasteiger partial charge on any atom is -0.192 e. The van der Waals surface area contributed by atoms with Crippen LogP contribution in [0.3, 0.4) is 0 Å². The van der Waals surface area contributed by atoms with Crippen molar-refractivity contribution in [2.75, 3.05) is 0 Å². The molecule has 0 spiro atoms. The molecule has 0 aliphatic rings. The summed E-state index contributed by atoms with van der Waals surface area (Å²) in [5.74, 6) is 0. The number of hydrogen-bond acceptors (Lipinski definition) is 2. The molecule has 0 bridgehead atoms. The molecule has 0 N–H and O–H groups in total. The standard InChI is InChI=1S/C18H13NS/c1-13-5-4-8-16(12-19)18(13)20-17-10-9-14-6-2-3-7-15(14)11-17/h2-11H,1H3. The second-order valence-electron chi connectivity index (χ2n) is 4.67. The molecule has 0 saturated heterocycles. The number of nitrogens with zero attached hydrogens (tertiary/aromatic N) is 1. The van der Waals surface area contributed by atoms with Gasteiger partial charge in [-0.15, -0.1) is 0 Å². The molecule has 20 heavy (non-hydrogen) atoms. The van der Waals surface area contributed by atoms with Crippen LogP contribution in [0.25, 0.3) is 10.8 Å². The van der Waals surface area contributed by atoms with Gasteiger partial charge in [-0.1, -0.05) is 54.2 Å². The van der Waals surface area contributed by atoms with Crippen molar-refractivity contribution in [2.24, 2.45) is 0 Å². The third kappa shape index (κ3) is 2.41. The lowest BCUT2D eigenvalue weighted by Crippen LogP contribution is -1.86. The highest BCUT2D eigenvalue weighted by Gasteiger charge is 2.07. The number of fused-ring (bicyclic) bond motifs is 1. The summed E-state index contributed by atoms with van der Waals surface area (Å²) in [5.41, 5.74) is 1.88. The molecule has 0 aromatic heterocycles. The van der Waals surface area contributed by atoms with E-state index in [-0.39, 0.29) is 0 Å². The van der Waals surface area contributed by atoms with Gasteiger partial charge in [-0.2, -0.15) is 5.26 Å². The van der Waals surface area contributed by atoms with E-state index < -0.39 is 0 Å². The first-order valence-electron chi connectivity index (χ1n) is 6.44. The predicted molar refractivity (Wildman–Crippen MR) is 84.0 cm³/mol. The van der Waals surface area contributed by atoms with Gasteiger partial charge in [0, 0.05) is 9.79 Å². The Morgan fingerprint density at radius 2 is 1.70 bits per heavy atom. The molecule has 0 atom stereocenters. The fraction of sp³-hybridized carbons (Fsp3) is 0.0556. The van der Waals surface area contributed by atoms with Gasteiger partial charge in [0.1, 0.15) is 6.07 Å². The molecule has 96 valence electrons. The van der Waals surface area contributed by atoms with Crippen molar-refractivity contribution in [1.29, 1.82) is 5.26 Å². The van der Waals surface area contributed by atoms with E-state index >= 15 is 0 Å². The maximum Gasteiger partial charge on any atom is 0.100 e. The SMILES string of the molecule is Cc1cccc(C#N)c1Sc1ccc2ccccc2c1. The van der Waals surface area contributed by atoms with Crippen molar-refractivity contribution >= 4 is 22.5 Å². The maximum atomic E-state index is 9.23. The zero-order chi connectivity index (χ0) is 13.9. The lowest BCUT2D eigenvalue weighted by Gasteiger charge is -2.08. The Balaban J connectivity index is 2.04. The Bertz CT molecular complexity index is 815. The van der Waals surface area contributed by atoms with Gasteiger partial charge in [-0.05, 0) is 41.5 Å². The molecule has 0 aliphatic carbocycles. The Labute approximate surface area is 122 Å². The van der Waals surface area contributed by atoms with Gasteiger partial charge in [-0.25, -0.2) is 0 Å². The first-order chi connectivity index (χ1) is 9.78. The fourth-order valence-corrected chi connectivity index (χ4v) is 3.24. The zero-order valence-corrected chi connectivity index (χ0v) is 11.9. The molecule has 0 amide bonds. The van der Waals surface area contributed by atoms with Crippen molar-refractivity contribution in [3.8, 4) is 6.07 Å². The molecule has 0 aliphatic heterocycles. The quantitative estimate of drug-likeness (QED) is 0.644. The van der Waals surface area contributed by atoms with Crippen LogP contribution in [0.1, 0.15) is 11.1 Å². The summed E-state index contributed by atoms with van der Waals surface area (Å²) in [7, 11) is 0. The van der Waals surface area contributed by atoms with Crippen LogP contribution < -0.4 is 0 Å². The number of hydrogen-bond donors (Lipinski definition) is 0. The Morgan fingerprint density at radius 3 is 2.50 bits per heavy atom. The van der Waals surface area contributed by atoms with Crippen LogP contribution in [0.5, 0.6) is 0 Å². The number of aryl methyl sites for hydroxylation is 1. The fourth-order valence-electron chi connectivity index (χ4n) is 2.22. The normalized spacial score (nSPS) is 10.4. The van der Waals surface area contributed by atoms with Gasteiger partial charge >= 0.3 is 0 Å². The van der Waals surface area contributed by atoms with Crippen LogP contribution in [-0.2, 0) is 0 Å². The van der Waals surface area contributed by atoms with E-state index in [1.807, 2.05) is 37.3 Å². The van der Waals surface area contributed by atoms with E-state index in [0.29, 0.717) is 0 Å². The van der Waals surface area contributed by atoms with E-state index in [0.717, 1.165) is 20.9 Å². The second-order valence-corrected chi connectivity index (χ2v) is 5.76. The maximum absolute atomic E-state index is 9.23. The van der Waals surface area contributed by atoms with Crippen molar-refractivity contribution < 1.29 is 0 Å². The zero-order valence-electron chi connectivity index (χ0n) is 11.1. The molecule has 0 radical (unpaired) electrons. The van der Waals surface area contributed by atoms with Gasteiger partial charge in [0.2, 0.25) is 0 Å². The monoisotopic (exact) mass is 275 g/mol. The minimum absolute atomic E-state index is 0.739. The molecule has 0 heterocycles. The average molecular weight is 275 g/mol. The molecule has 2 heteroatoms. The molecule has 0 fully saturated rings. The van der Waals surface area contributed by atoms with Crippen molar-refractivity contribution in [3.63, 3.8) is 0 Å². The average Bonchev–Trinajstić information content (AvgIpc) is 2.49. The smallest absolute Gasteiger partial charge is 0.100 e. The van der Waals surface area contributed by atoms with Crippen LogP contribution in [0.2, 0.25) is 0 Å². The van der Waals surface area contributed by atoms with Crippen LogP contribution in [0, 0.1) is 18.3 Å². The summed E-state index contributed by atoms with van der Waals surface area (Å²) in [6, 6.07) is 22.8. The number of nitriles is 1. The van der Waals surface area contributed by atoms with Crippen molar-refractivity contribution in [3.05, 3.63) is 71.8 Å². The summed E-state index contributed by atoms with van der Waals surface area (Å²) < 4.78 is 0. The first kappa shape index (κ1) is 12.8. The molecular formula is C18H13NS. The van der Waals surface area contributed by atoms with Gasteiger partial charge < -0.3 is 0 Å². The molecular weight excluding hydrogens is 262 g/mol. The third-order valence-electron chi connectivity index (χ3n) is 3.27. The van der Waals surface area contributed by atoms with E-state index in [2.05, 4.69) is 36.4 Å². The summed E-state index contributed by atoms with van der Waals surface area (Å²) in [5, 5.41) is 11.7. The molecule has 0 saturated carbocycles. The molecule has 1 nitrogen and oxygen atoms in total. The Morgan fingerprint density at radius 1 is 0.900 bits per heavy atom. The molecule has 3 aromatic rings. The number of rotatable bonds is 2. The third-order valence-corrected chi connectivity index (χ3v) is 4.51. The van der Waals surface area contributed by atoms with Crippen LogP contribution in [0.15, 0.2) is 70.5 Å². The lowest BCUT2D eigenvalue weighted by molar-refractivity contribution is 1.26. The van der Waals surface area contributed by atoms with Gasteiger partial charge in [0.25, 0.3) is 0 Å². The minimum atomic E-state index is 0.739. The predicted octanol–water partition coefficient (Wildman–Crippen LogP) is 5.17. The van der Waals surface area contributed by atoms with Crippen LogP contribution in [0.4, 0.5) is 0 Å². The van der Waals surface area contributed by atoms with Crippen LogP contribution >= 0.6 is 11.8 Å². The number of benzene rings is 3. The summed E-state index contributed by atoms with van der Waals surface area (Å²) >= 11 is 1.66. The summed E-state index contributed by atoms with van der Waals surface area (Å²) in [4.78, 5) is 2.21. The second kappa shape index (κ2) is 5.40. The van der Waals surface area contributed by atoms with Crippen LogP contribution in [-0.4, -0.2) is 0 Å².